The lowest BCUT2D eigenvalue weighted by atomic mass is 10.1. The molecule has 136 valence electrons. The van der Waals surface area contributed by atoms with Gasteiger partial charge in [-0.1, -0.05) is 42.5 Å². The summed E-state index contributed by atoms with van der Waals surface area (Å²) in [6.45, 7) is 3.52. The molecular weight excluding hydrogens is 324 g/mol. The molecule has 0 saturated carbocycles. The second-order valence-electron chi connectivity index (χ2n) is 6.61. The predicted octanol–water partition coefficient (Wildman–Crippen LogP) is 3.75. The first-order chi connectivity index (χ1) is 12.7. The molecule has 0 saturated heterocycles. The molecule has 0 bridgehead atoms. The molecule has 0 radical (unpaired) electrons. The van der Waals surface area contributed by atoms with Crippen LogP contribution in [0.2, 0.25) is 0 Å². The van der Waals surface area contributed by atoms with Crippen molar-refractivity contribution in [2.45, 2.75) is 38.8 Å². The summed E-state index contributed by atoms with van der Waals surface area (Å²) < 4.78 is 2.12. The molecule has 1 unspecified atom stereocenters. The number of hydrogen-bond acceptors (Lipinski definition) is 2. The Kier molecular flexibility index (Phi) is 6.25. The van der Waals surface area contributed by atoms with Crippen LogP contribution in [0, 0.1) is 0 Å². The Morgan fingerprint density at radius 1 is 1.12 bits per heavy atom. The van der Waals surface area contributed by atoms with Crippen LogP contribution < -0.4 is 10.6 Å². The highest BCUT2D eigenvalue weighted by Gasteiger charge is 2.07. The van der Waals surface area contributed by atoms with E-state index >= 15 is 0 Å². The maximum absolute atomic E-state index is 12.0. The summed E-state index contributed by atoms with van der Waals surface area (Å²) in [5, 5.41) is 5.94. The Morgan fingerprint density at radius 2 is 1.88 bits per heavy atom. The third kappa shape index (κ3) is 5.09. The number of fused-ring (bicyclic) bond motifs is 1. The van der Waals surface area contributed by atoms with Gasteiger partial charge in [0.25, 0.3) is 0 Å². The first-order valence-corrected chi connectivity index (χ1v) is 9.20. The van der Waals surface area contributed by atoms with Crippen LogP contribution in [0.15, 0.2) is 60.9 Å². The van der Waals surface area contributed by atoms with Crippen LogP contribution in [0.3, 0.4) is 0 Å². The molecule has 2 amide bonds. The molecule has 26 heavy (non-hydrogen) atoms. The van der Waals surface area contributed by atoms with E-state index < -0.39 is 0 Å². The molecule has 0 aliphatic rings. The molecule has 3 aromatic rings. The zero-order valence-corrected chi connectivity index (χ0v) is 15.2. The van der Waals surface area contributed by atoms with Gasteiger partial charge >= 0.3 is 6.03 Å². The number of imidazole rings is 1. The van der Waals surface area contributed by atoms with Crippen LogP contribution in [-0.4, -0.2) is 28.2 Å². The zero-order valence-electron chi connectivity index (χ0n) is 15.2. The molecule has 1 atom stereocenters. The fourth-order valence-electron chi connectivity index (χ4n) is 3.01. The summed E-state index contributed by atoms with van der Waals surface area (Å²) >= 11 is 0. The highest BCUT2D eigenvalue weighted by atomic mass is 16.2. The van der Waals surface area contributed by atoms with E-state index in [1.165, 1.54) is 5.56 Å². The summed E-state index contributed by atoms with van der Waals surface area (Å²) in [4.78, 5) is 16.4. The van der Waals surface area contributed by atoms with Crippen molar-refractivity contribution < 1.29 is 4.79 Å². The van der Waals surface area contributed by atoms with E-state index in [0.717, 1.165) is 36.8 Å². The van der Waals surface area contributed by atoms with Crippen molar-refractivity contribution in [2.24, 2.45) is 0 Å². The molecular formula is C21H26N4O. The number of para-hydroxylation sites is 2. The van der Waals surface area contributed by atoms with E-state index in [0.29, 0.717) is 6.54 Å². The lowest BCUT2D eigenvalue weighted by Crippen LogP contribution is -2.41. The van der Waals surface area contributed by atoms with Gasteiger partial charge < -0.3 is 15.2 Å². The summed E-state index contributed by atoms with van der Waals surface area (Å²) in [5.74, 6) is 0. The number of aryl methyl sites for hydroxylation is 2. The first kappa shape index (κ1) is 18.0. The average molecular weight is 350 g/mol. The topological polar surface area (TPSA) is 59.0 Å². The van der Waals surface area contributed by atoms with Crippen LogP contribution in [0.5, 0.6) is 0 Å². The molecule has 2 aromatic carbocycles. The number of hydrogen-bond donors (Lipinski definition) is 2. The lowest BCUT2D eigenvalue weighted by Gasteiger charge is -2.15. The molecule has 0 spiro atoms. The van der Waals surface area contributed by atoms with Crippen molar-refractivity contribution in [1.82, 2.24) is 20.2 Å². The zero-order chi connectivity index (χ0) is 18.2. The number of amides is 2. The van der Waals surface area contributed by atoms with Crippen LogP contribution >= 0.6 is 0 Å². The van der Waals surface area contributed by atoms with Gasteiger partial charge in [-0.15, -0.1) is 0 Å². The molecule has 2 N–H and O–H groups in total. The quantitative estimate of drug-likeness (QED) is 0.608. The van der Waals surface area contributed by atoms with E-state index in [1.54, 1.807) is 0 Å². The predicted molar refractivity (Wildman–Crippen MR) is 105 cm³/mol. The SMILES string of the molecule is CC(CCc1ccccc1)NC(=O)NCCCn1cnc2ccccc21. The van der Waals surface area contributed by atoms with Gasteiger partial charge in [0.15, 0.2) is 0 Å². The summed E-state index contributed by atoms with van der Waals surface area (Å²) in [7, 11) is 0. The number of urea groups is 1. The van der Waals surface area contributed by atoms with Crippen molar-refractivity contribution >= 4 is 17.1 Å². The van der Waals surface area contributed by atoms with Crippen LogP contribution in [0.25, 0.3) is 11.0 Å². The van der Waals surface area contributed by atoms with Crippen LogP contribution in [0.4, 0.5) is 4.79 Å². The van der Waals surface area contributed by atoms with Crippen molar-refractivity contribution in [2.75, 3.05) is 6.54 Å². The minimum absolute atomic E-state index is 0.0962. The Labute approximate surface area is 154 Å². The monoisotopic (exact) mass is 350 g/mol. The number of benzene rings is 2. The second kappa shape index (κ2) is 9.04. The first-order valence-electron chi connectivity index (χ1n) is 9.20. The summed E-state index contributed by atoms with van der Waals surface area (Å²) in [6.07, 6.45) is 4.62. The van der Waals surface area contributed by atoms with Gasteiger partial charge in [0.05, 0.1) is 17.4 Å². The minimum atomic E-state index is -0.0962. The Balaban J connectivity index is 1.33. The fraction of sp³-hybridized carbons (Fsp3) is 0.333. The number of rotatable bonds is 8. The molecule has 3 rings (SSSR count). The largest absolute Gasteiger partial charge is 0.338 e. The number of nitrogens with zero attached hydrogens (tertiary/aromatic N) is 2. The standard InChI is InChI=1S/C21H26N4O/c1-17(12-13-18-8-3-2-4-9-18)24-21(26)22-14-7-15-25-16-23-19-10-5-6-11-20(19)25/h2-6,8-11,16-17H,7,12-15H2,1H3,(H2,22,24,26). The number of nitrogens with one attached hydrogen (secondary N) is 2. The molecule has 5 nitrogen and oxygen atoms in total. The van der Waals surface area contributed by atoms with E-state index in [2.05, 4.69) is 38.4 Å². The highest BCUT2D eigenvalue weighted by Crippen LogP contribution is 2.11. The van der Waals surface area contributed by atoms with Gasteiger partial charge in [0.1, 0.15) is 0 Å². The minimum Gasteiger partial charge on any atom is -0.338 e. The maximum atomic E-state index is 12.0. The van der Waals surface area contributed by atoms with Crippen LogP contribution in [0.1, 0.15) is 25.3 Å². The smallest absolute Gasteiger partial charge is 0.314 e. The normalized spacial score (nSPS) is 12.0. The molecule has 1 aromatic heterocycles. The van der Waals surface area contributed by atoms with Crippen molar-refractivity contribution in [3.05, 3.63) is 66.5 Å². The lowest BCUT2D eigenvalue weighted by molar-refractivity contribution is 0.237. The second-order valence-corrected chi connectivity index (χ2v) is 6.61. The Hall–Kier alpha value is -2.82. The van der Waals surface area contributed by atoms with Crippen molar-refractivity contribution in [3.8, 4) is 0 Å². The van der Waals surface area contributed by atoms with Crippen molar-refractivity contribution in [3.63, 3.8) is 0 Å². The summed E-state index contributed by atoms with van der Waals surface area (Å²) in [6, 6.07) is 18.5. The van der Waals surface area contributed by atoms with E-state index in [9.17, 15) is 4.79 Å². The summed E-state index contributed by atoms with van der Waals surface area (Å²) in [5.41, 5.74) is 3.44. The molecule has 0 aliphatic heterocycles. The van der Waals surface area contributed by atoms with Gasteiger partial charge in [-0.3, -0.25) is 0 Å². The molecule has 0 aliphatic carbocycles. The molecule has 5 heteroatoms. The van der Waals surface area contributed by atoms with E-state index in [-0.39, 0.29) is 12.1 Å². The van der Waals surface area contributed by atoms with Gasteiger partial charge in [0, 0.05) is 19.1 Å². The molecule has 1 heterocycles. The number of carbonyl (C=O) groups excluding carboxylic acids is 1. The van der Waals surface area contributed by atoms with Gasteiger partial charge in [0.2, 0.25) is 0 Å². The third-order valence-electron chi connectivity index (χ3n) is 4.48. The Bertz CT molecular complexity index is 828. The Morgan fingerprint density at radius 3 is 2.73 bits per heavy atom. The fourth-order valence-corrected chi connectivity index (χ4v) is 3.01. The third-order valence-corrected chi connectivity index (χ3v) is 4.48. The van der Waals surface area contributed by atoms with Gasteiger partial charge in [-0.05, 0) is 43.9 Å². The van der Waals surface area contributed by atoms with E-state index in [4.69, 9.17) is 0 Å². The van der Waals surface area contributed by atoms with Crippen molar-refractivity contribution in [1.29, 1.82) is 0 Å². The van der Waals surface area contributed by atoms with E-state index in [1.807, 2.05) is 49.6 Å². The molecule has 0 fully saturated rings. The van der Waals surface area contributed by atoms with Gasteiger partial charge in [-0.2, -0.15) is 0 Å². The maximum Gasteiger partial charge on any atom is 0.314 e. The number of carbonyl (C=O) groups is 1. The number of aromatic nitrogens is 2. The van der Waals surface area contributed by atoms with Gasteiger partial charge in [-0.25, -0.2) is 9.78 Å². The average Bonchev–Trinajstić information content (AvgIpc) is 3.08. The van der Waals surface area contributed by atoms with Crippen LogP contribution in [-0.2, 0) is 13.0 Å². The highest BCUT2D eigenvalue weighted by molar-refractivity contribution is 5.75.